The molecule has 0 aliphatic carbocycles. The Labute approximate surface area is 113 Å². The van der Waals surface area contributed by atoms with Gasteiger partial charge in [0.05, 0.1) is 13.2 Å². The second-order valence-corrected chi connectivity index (χ2v) is 4.07. The molecule has 0 unspecified atom stereocenters. The molecule has 0 amide bonds. The van der Waals surface area contributed by atoms with Crippen LogP contribution in [0.2, 0.25) is 0 Å². The maximum atomic E-state index is 10.6. The summed E-state index contributed by atoms with van der Waals surface area (Å²) in [6.07, 6.45) is 4.23. The van der Waals surface area contributed by atoms with Gasteiger partial charge in [-0.05, 0) is 0 Å². The lowest BCUT2D eigenvalue weighted by Gasteiger charge is -2.00. The molecular formula is C11H19NO6S. The normalized spacial score (nSPS) is 9.74. The Morgan fingerprint density at radius 2 is 1.58 bits per heavy atom. The summed E-state index contributed by atoms with van der Waals surface area (Å²) in [5.41, 5.74) is 2.37. The average Bonchev–Trinajstić information content (AvgIpc) is 2.35. The van der Waals surface area contributed by atoms with Crippen molar-refractivity contribution >= 4 is 16.4 Å². The molecule has 0 saturated carbocycles. The smallest absolute Gasteiger partial charge is 0.371 e. The first-order valence-electron chi connectivity index (χ1n) is 5.16. The van der Waals surface area contributed by atoms with Gasteiger partial charge in [-0.1, -0.05) is 18.2 Å². The number of hydrogen-bond donors (Lipinski definition) is 1. The van der Waals surface area contributed by atoms with Crippen molar-refractivity contribution in [3.05, 3.63) is 38.0 Å². The van der Waals surface area contributed by atoms with Crippen molar-refractivity contribution in [2.75, 3.05) is 19.8 Å². The van der Waals surface area contributed by atoms with Crippen molar-refractivity contribution in [2.45, 2.75) is 6.92 Å². The molecule has 110 valence electrons. The molecule has 0 atom stereocenters. The second-order valence-electron chi connectivity index (χ2n) is 2.79. The number of rotatable bonds is 9. The van der Waals surface area contributed by atoms with Crippen LogP contribution in [0.1, 0.15) is 6.92 Å². The van der Waals surface area contributed by atoms with E-state index in [2.05, 4.69) is 38.4 Å². The molecule has 0 bridgehead atoms. The van der Waals surface area contributed by atoms with Gasteiger partial charge < -0.3 is 4.84 Å². The third-order valence-corrected chi connectivity index (χ3v) is 1.95. The molecule has 1 N–H and O–H groups in total. The molecule has 19 heavy (non-hydrogen) atoms. The van der Waals surface area contributed by atoms with E-state index in [1.54, 1.807) is 6.08 Å². The molecule has 0 radical (unpaired) electrons. The van der Waals surface area contributed by atoms with Crippen LogP contribution in [-0.4, -0.2) is 34.1 Å². The van der Waals surface area contributed by atoms with Crippen LogP contribution >= 0.6 is 0 Å². The van der Waals surface area contributed by atoms with Crippen LogP contribution in [0.25, 0.3) is 0 Å². The van der Waals surface area contributed by atoms with E-state index in [-0.39, 0.29) is 19.2 Å². The Morgan fingerprint density at radius 3 is 1.89 bits per heavy atom. The van der Waals surface area contributed by atoms with E-state index < -0.39 is 10.4 Å². The van der Waals surface area contributed by atoms with Crippen LogP contribution in [0.3, 0.4) is 0 Å². The lowest BCUT2D eigenvalue weighted by Crippen LogP contribution is -2.17. The third-order valence-electron chi connectivity index (χ3n) is 1.10. The van der Waals surface area contributed by atoms with E-state index in [4.69, 9.17) is 0 Å². The zero-order valence-electron chi connectivity index (χ0n) is 10.8. The summed E-state index contributed by atoms with van der Waals surface area (Å²) in [6.45, 7) is 11.6. The molecule has 0 saturated heterocycles. The van der Waals surface area contributed by atoms with Gasteiger partial charge in [0.2, 0.25) is 0 Å². The number of hydroxylamine groups is 1. The molecule has 0 aromatic rings. The Morgan fingerprint density at radius 1 is 1.11 bits per heavy atom. The highest BCUT2D eigenvalue weighted by Gasteiger charge is 2.08. The predicted molar refractivity (Wildman–Crippen MR) is 71.2 cm³/mol. The monoisotopic (exact) mass is 293 g/mol. The molecule has 0 rings (SSSR count). The van der Waals surface area contributed by atoms with Gasteiger partial charge in [-0.15, -0.1) is 25.2 Å². The minimum Gasteiger partial charge on any atom is -0.371 e. The fourth-order valence-corrected chi connectivity index (χ4v) is 1.09. The Balaban J connectivity index is 0. The van der Waals surface area contributed by atoms with E-state index in [0.717, 1.165) is 0 Å². The maximum absolute atomic E-state index is 10.6. The minimum absolute atomic E-state index is 0.0839. The van der Waals surface area contributed by atoms with Gasteiger partial charge in [0, 0.05) is 13.5 Å². The number of carbonyl (C=O) groups excluding carboxylic acids is 1. The topological polar surface area (TPSA) is 90.9 Å². The van der Waals surface area contributed by atoms with Gasteiger partial charge in [-0.3, -0.25) is 4.79 Å². The van der Waals surface area contributed by atoms with Gasteiger partial charge in [-0.25, -0.2) is 8.37 Å². The van der Waals surface area contributed by atoms with Gasteiger partial charge in [0.15, 0.2) is 0 Å². The van der Waals surface area contributed by atoms with E-state index in [9.17, 15) is 13.2 Å². The molecule has 0 aliphatic rings. The predicted octanol–water partition coefficient (Wildman–Crippen LogP) is 0.877. The highest BCUT2D eigenvalue weighted by Crippen LogP contribution is 1.94. The van der Waals surface area contributed by atoms with Crippen molar-refractivity contribution in [1.82, 2.24) is 5.48 Å². The lowest BCUT2D eigenvalue weighted by atomic mass is 10.7. The molecule has 0 aromatic carbocycles. The lowest BCUT2D eigenvalue weighted by molar-refractivity contribution is -0.147. The van der Waals surface area contributed by atoms with Crippen LogP contribution in [-0.2, 0) is 28.4 Å². The fraction of sp³-hybridized carbons (Fsp3) is 0.364. The molecule has 0 fully saturated rings. The summed E-state index contributed by atoms with van der Waals surface area (Å²) in [4.78, 5) is 14.3. The first-order chi connectivity index (χ1) is 8.89. The van der Waals surface area contributed by atoms with Gasteiger partial charge in [0.25, 0.3) is 0 Å². The maximum Gasteiger partial charge on any atom is 0.400 e. The summed E-state index contributed by atoms with van der Waals surface area (Å²) in [5, 5.41) is 0. The summed E-state index contributed by atoms with van der Waals surface area (Å²) >= 11 is 0. The van der Waals surface area contributed by atoms with Crippen molar-refractivity contribution in [3.63, 3.8) is 0 Å². The van der Waals surface area contributed by atoms with Gasteiger partial charge in [0.1, 0.15) is 0 Å². The number of nitrogens with one attached hydrogen (secondary N) is 1. The van der Waals surface area contributed by atoms with E-state index >= 15 is 0 Å². The molecule has 0 heterocycles. The Kier molecular flexibility index (Phi) is 13.5. The van der Waals surface area contributed by atoms with Crippen LogP contribution in [0, 0.1) is 0 Å². The SMILES string of the molecule is C=CCNOC(C)=O.C=CCOS(=O)(=O)OCC=C. The average molecular weight is 293 g/mol. The quantitative estimate of drug-likeness (QED) is 0.383. The zero-order chi connectivity index (χ0) is 15.1. The van der Waals surface area contributed by atoms with E-state index in [0.29, 0.717) is 6.54 Å². The minimum atomic E-state index is -3.85. The molecule has 8 heteroatoms. The second kappa shape index (κ2) is 13.0. The highest BCUT2D eigenvalue weighted by atomic mass is 32.3. The summed E-state index contributed by atoms with van der Waals surface area (Å²) in [6, 6.07) is 0. The first kappa shape index (κ1) is 19.9. The van der Waals surface area contributed by atoms with Gasteiger partial charge >= 0.3 is 16.4 Å². The molecule has 0 aromatic heterocycles. The molecule has 0 spiro atoms. The van der Waals surface area contributed by atoms with E-state index in [1.165, 1.54) is 19.1 Å². The zero-order valence-corrected chi connectivity index (χ0v) is 11.6. The molecular weight excluding hydrogens is 274 g/mol. The summed E-state index contributed by atoms with van der Waals surface area (Å²) in [7, 11) is -3.85. The van der Waals surface area contributed by atoms with Gasteiger partial charge in [-0.2, -0.15) is 8.42 Å². The van der Waals surface area contributed by atoms with Crippen molar-refractivity contribution in [3.8, 4) is 0 Å². The van der Waals surface area contributed by atoms with Crippen LogP contribution in [0.15, 0.2) is 38.0 Å². The largest absolute Gasteiger partial charge is 0.400 e. The fourth-order valence-electron chi connectivity index (χ4n) is 0.499. The Bertz CT molecular complexity index is 359. The van der Waals surface area contributed by atoms with Crippen molar-refractivity contribution in [2.24, 2.45) is 0 Å². The van der Waals surface area contributed by atoms with Crippen LogP contribution in [0.5, 0.6) is 0 Å². The third kappa shape index (κ3) is 19.1. The standard InChI is InChI=1S/C6H10O4S.C5H9NO2/c1-3-5-9-11(7,8)10-6-4-2;1-3-4-6-8-5(2)7/h3-4H,1-2,5-6H2;3,6H,1,4H2,2H3. The summed E-state index contributed by atoms with van der Waals surface area (Å²) in [5.74, 6) is -0.341. The molecule has 7 nitrogen and oxygen atoms in total. The van der Waals surface area contributed by atoms with Crippen molar-refractivity contribution in [1.29, 1.82) is 0 Å². The number of carbonyl (C=O) groups is 1. The van der Waals surface area contributed by atoms with E-state index in [1.807, 2.05) is 0 Å². The molecule has 0 aliphatic heterocycles. The van der Waals surface area contributed by atoms with Crippen LogP contribution in [0.4, 0.5) is 0 Å². The van der Waals surface area contributed by atoms with Crippen LogP contribution < -0.4 is 5.48 Å². The first-order valence-corrected chi connectivity index (χ1v) is 6.49. The Hall–Kier alpha value is -1.48. The van der Waals surface area contributed by atoms with Crippen molar-refractivity contribution < 1.29 is 26.4 Å². The highest BCUT2D eigenvalue weighted by molar-refractivity contribution is 7.81. The number of hydrogen-bond acceptors (Lipinski definition) is 7. The summed E-state index contributed by atoms with van der Waals surface area (Å²) < 4.78 is 29.7.